The van der Waals surface area contributed by atoms with E-state index in [1.54, 1.807) is 17.7 Å². The number of ether oxygens (including phenoxy) is 1. The molecule has 0 saturated heterocycles. The molecule has 2 rings (SSSR count). The Morgan fingerprint density at radius 1 is 1.22 bits per heavy atom. The minimum atomic E-state index is -0.0285. The molecule has 0 aliphatic rings. The van der Waals surface area contributed by atoms with E-state index in [1.165, 1.54) is 6.42 Å². The Balaban J connectivity index is 2.32. The molecule has 0 aliphatic carbocycles. The maximum absolute atomic E-state index is 11.8. The first-order chi connectivity index (χ1) is 8.74. The van der Waals surface area contributed by atoms with Crippen LogP contribution in [0.3, 0.4) is 0 Å². The summed E-state index contributed by atoms with van der Waals surface area (Å²) in [7, 11) is 1.78. The highest BCUT2D eigenvalue weighted by Gasteiger charge is 2.06. The van der Waals surface area contributed by atoms with Crippen molar-refractivity contribution < 1.29 is 4.74 Å². The van der Waals surface area contributed by atoms with Crippen molar-refractivity contribution in [3.8, 4) is 5.75 Å². The van der Waals surface area contributed by atoms with Gasteiger partial charge in [-0.2, -0.15) is 0 Å². The van der Waals surface area contributed by atoms with E-state index in [9.17, 15) is 4.79 Å². The second-order valence-corrected chi connectivity index (χ2v) is 4.48. The number of nitrogens with zero attached hydrogens (tertiary/aromatic N) is 1. The van der Waals surface area contributed by atoms with Crippen molar-refractivity contribution in [3.05, 3.63) is 40.7 Å². The first-order valence-electron chi connectivity index (χ1n) is 6.45. The summed E-state index contributed by atoms with van der Waals surface area (Å²) in [6, 6.07) is 9.40. The van der Waals surface area contributed by atoms with E-state index in [4.69, 9.17) is 4.74 Å². The Kier molecular flexibility index (Phi) is 4.03. The first-order valence-corrected chi connectivity index (χ1v) is 6.45. The highest BCUT2D eigenvalue weighted by atomic mass is 16.5. The molecule has 0 atom stereocenters. The van der Waals surface area contributed by atoms with Gasteiger partial charge in [0, 0.05) is 18.5 Å². The van der Waals surface area contributed by atoms with Crippen molar-refractivity contribution in [1.29, 1.82) is 0 Å². The molecule has 0 unspecified atom stereocenters. The Morgan fingerprint density at radius 3 is 2.78 bits per heavy atom. The smallest absolute Gasteiger partial charge is 0.254 e. The summed E-state index contributed by atoms with van der Waals surface area (Å²) in [4.78, 5) is 11.8. The van der Waals surface area contributed by atoms with Crippen LogP contribution in [0.4, 0.5) is 0 Å². The molecule has 1 aromatic heterocycles. The summed E-state index contributed by atoms with van der Waals surface area (Å²) >= 11 is 0. The van der Waals surface area contributed by atoms with Gasteiger partial charge < -0.3 is 9.30 Å². The van der Waals surface area contributed by atoms with Gasteiger partial charge in [0.2, 0.25) is 0 Å². The van der Waals surface area contributed by atoms with Gasteiger partial charge in [0.15, 0.2) is 0 Å². The zero-order chi connectivity index (χ0) is 13.0. The predicted octanol–water partition coefficient (Wildman–Crippen LogP) is 3.11. The molecule has 18 heavy (non-hydrogen) atoms. The van der Waals surface area contributed by atoms with Crippen LogP contribution in [0.15, 0.2) is 35.1 Å². The van der Waals surface area contributed by atoms with E-state index in [1.807, 2.05) is 24.3 Å². The van der Waals surface area contributed by atoms with Crippen LogP contribution in [0, 0.1) is 0 Å². The number of aryl methyl sites for hydroxylation is 1. The highest BCUT2D eigenvalue weighted by molar-refractivity contribution is 5.85. The Labute approximate surface area is 107 Å². The molecule has 0 N–H and O–H groups in total. The van der Waals surface area contributed by atoms with Crippen molar-refractivity contribution in [2.45, 2.75) is 26.2 Å². The molecule has 96 valence electrons. The average molecular weight is 245 g/mol. The second-order valence-electron chi connectivity index (χ2n) is 4.48. The minimum Gasteiger partial charge on any atom is -0.493 e. The molecule has 1 heterocycles. The van der Waals surface area contributed by atoms with Crippen molar-refractivity contribution in [1.82, 2.24) is 4.57 Å². The number of hydrogen-bond donors (Lipinski definition) is 0. The molecule has 2 aromatic rings. The standard InChI is InChI=1S/C15H19NO2/c1-3-4-7-10-18-14-11-15(17)16(2)13-9-6-5-8-12(13)14/h5-6,8-9,11H,3-4,7,10H2,1-2H3. The van der Waals surface area contributed by atoms with E-state index in [2.05, 4.69) is 6.92 Å². The second kappa shape index (κ2) is 5.71. The van der Waals surface area contributed by atoms with Crippen molar-refractivity contribution in [3.63, 3.8) is 0 Å². The molecule has 0 amide bonds. The summed E-state index contributed by atoms with van der Waals surface area (Å²) in [5.74, 6) is 0.699. The number of unbranched alkanes of at least 4 members (excludes halogenated alkanes) is 2. The average Bonchev–Trinajstić information content (AvgIpc) is 2.40. The molecule has 0 radical (unpaired) electrons. The lowest BCUT2D eigenvalue weighted by atomic mass is 10.2. The van der Waals surface area contributed by atoms with Gasteiger partial charge in [-0.25, -0.2) is 0 Å². The molecule has 0 aliphatic heterocycles. The fraction of sp³-hybridized carbons (Fsp3) is 0.400. The third kappa shape index (κ3) is 2.55. The van der Waals surface area contributed by atoms with Crippen LogP contribution >= 0.6 is 0 Å². The number of hydrogen-bond acceptors (Lipinski definition) is 2. The van der Waals surface area contributed by atoms with E-state index >= 15 is 0 Å². The van der Waals surface area contributed by atoms with Gasteiger partial charge in [0.25, 0.3) is 5.56 Å². The zero-order valence-electron chi connectivity index (χ0n) is 11.0. The number of para-hydroxylation sites is 1. The summed E-state index contributed by atoms with van der Waals surface area (Å²) in [6.07, 6.45) is 3.35. The fourth-order valence-corrected chi connectivity index (χ4v) is 2.03. The largest absolute Gasteiger partial charge is 0.493 e. The summed E-state index contributed by atoms with van der Waals surface area (Å²) in [5, 5.41) is 0.996. The first kappa shape index (κ1) is 12.7. The lowest BCUT2D eigenvalue weighted by Crippen LogP contribution is -2.16. The highest BCUT2D eigenvalue weighted by Crippen LogP contribution is 2.23. The van der Waals surface area contributed by atoms with Gasteiger partial charge in [-0.05, 0) is 18.6 Å². The lowest BCUT2D eigenvalue weighted by Gasteiger charge is -2.11. The SMILES string of the molecule is CCCCCOc1cc(=O)n(C)c2ccccc12. The van der Waals surface area contributed by atoms with Gasteiger partial charge >= 0.3 is 0 Å². The lowest BCUT2D eigenvalue weighted by molar-refractivity contribution is 0.309. The van der Waals surface area contributed by atoms with Crippen molar-refractivity contribution >= 4 is 10.9 Å². The van der Waals surface area contributed by atoms with Crippen LogP contribution in [0.5, 0.6) is 5.75 Å². The molecule has 1 aromatic carbocycles. The Hall–Kier alpha value is -1.77. The predicted molar refractivity (Wildman–Crippen MR) is 74.2 cm³/mol. The topological polar surface area (TPSA) is 31.2 Å². The quantitative estimate of drug-likeness (QED) is 0.758. The third-order valence-electron chi connectivity index (χ3n) is 3.12. The van der Waals surface area contributed by atoms with Crippen LogP contribution in [-0.4, -0.2) is 11.2 Å². The third-order valence-corrected chi connectivity index (χ3v) is 3.12. The van der Waals surface area contributed by atoms with E-state index < -0.39 is 0 Å². The number of benzene rings is 1. The molecular formula is C15H19NO2. The van der Waals surface area contributed by atoms with Gasteiger partial charge in [0.1, 0.15) is 5.75 Å². The number of aromatic nitrogens is 1. The maximum atomic E-state index is 11.8. The molecule has 0 spiro atoms. The van der Waals surface area contributed by atoms with Crippen LogP contribution in [0.25, 0.3) is 10.9 Å². The monoisotopic (exact) mass is 245 g/mol. The van der Waals surface area contributed by atoms with Gasteiger partial charge in [0.05, 0.1) is 12.1 Å². The number of rotatable bonds is 5. The minimum absolute atomic E-state index is 0.0285. The van der Waals surface area contributed by atoms with Crippen LogP contribution in [-0.2, 0) is 7.05 Å². The van der Waals surface area contributed by atoms with E-state index in [-0.39, 0.29) is 5.56 Å². The summed E-state index contributed by atoms with van der Waals surface area (Å²) < 4.78 is 7.39. The molecule has 3 nitrogen and oxygen atoms in total. The molecule has 3 heteroatoms. The molecule has 0 bridgehead atoms. The van der Waals surface area contributed by atoms with Crippen LogP contribution in [0.1, 0.15) is 26.2 Å². The van der Waals surface area contributed by atoms with Gasteiger partial charge in [-0.15, -0.1) is 0 Å². The van der Waals surface area contributed by atoms with Gasteiger partial charge in [-0.3, -0.25) is 4.79 Å². The van der Waals surface area contributed by atoms with Gasteiger partial charge in [-0.1, -0.05) is 31.9 Å². The van der Waals surface area contributed by atoms with E-state index in [0.29, 0.717) is 12.4 Å². The molecule has 0 fully saturated rings. The van der Waals surface area contributed by atoms with Crippen LogP contribution in [0.2, 0.25) is 0 Å². The van der Waals surface area contributed by atoms with Crippen molar-refractivity contribution in [2.75, 3.05) is 6.61 Å². The Morgan fingerprint density at radius 2 is 2.00 bits per heavy atom. The zero-order valence-corrected chi connectivity index (χ0v) is 11.0. The van der Waals surface area contributed by atoms with Crippen molar-refractivity contribution in [2.24, 2.45) is 7.05 Å². The molecule has 0 saturated carbocycles. The summed E-state index contributed by atoms with van der Waals surface area (Å²) in [6.45, 7) is 2.83. The Bertz CT molecular complexity index is 587. The van der Waals surface area contributed by atoms with E-state index in [0.717, 1.165) is 23.7 Å². The molecular weight excluding hydrogens is 226 g/mol. The fourth-order valence-electron chi connectivity index (χ4n) is 2.03. The number of fused-ring (bicyclic) bond motifs is 1. The summed E-state index contributed by atoms with van der Waals surface area (Å²) in [5.41, 5.74) is 0.884. The van der Waals surface area contributed by atoms with Crippen LogP contribution < -0.4 is 10.3 Å². The number of pyridine rings is 1. The maximum Gasteiger partial charge on any atom is 0.254 e. The normalized spacial score (nSPS) is 10.8.